The van der Waals surface area contributed by atoms with Crippen molar-refractivity contribution in [1.29, 1.82) is 0 Å². The Morgan fingerprint density at radius 3 is 2.67 bits per heavy atom. The molecule has 0 amide bonds. The SMILES string of the molecule is FCCCNc1ncc(Br)cn1. The molecule has 1 aromatic heterocycles. The molecule has 12 heavy (non-hydrogen) atoms. The van der Waals surface area contributed by atoms with Gasteiger partial charge in [-0.3, -0.25) is 4.39 Å². The summed E-state index contributed by atoms with van der Waals surface area (Å²) >= 11 is 3.21. The van der Waals surface area contributed by atoms with Gasteiger partial charge in [-0.1, -0.05) is 0 Å². The van der Waals surface area contributed by atoms with Crippen LogP contribution in [0.2, 0.25) is 0 Å². The zero-order chi connectivity index (χ0) is 8.81. The summed E-state index contributed by atoms with van der Waals surface area (Å²) in [6.07, 6.45) is 3.77. The van der Waals surface area contributed by atoms with Gasteiger partial charge in [-0.2, -0.15) is 0 Å². The molecule has 1 rings (SSSR count). The highest BCUT2D eigenvalue weighted by Crippen LogP contribution is 2.06. The maximum atomic E-state index is 11.7. The topological polar surface area (TPSA) is 37.8 Å². The molecule has 0 saturated heterocycles. The predicted octanol–water partition coefficient (Wildman–Crippen LogP) is 2.01. The Bertz CT molecular complexity index is 227. The van der Waals surface area contributed by atoms with Crippen molar-refractivity contribution in [2.24, 2.45) is 0 Å². The van der Waals surface area contributed by atoms with Crippen LogP contribution in [0.3, 0.4) is 0 Å². The van der Waals surface area contributed by atoms with Crippen molar-refractivity contribution in [3.05, 3.63) is 16.9 Å². The quantitative estimate of drug-likeness (QED) is 0.809. The molecule has 1 heterocycles. The van der Waals surface area contributed by atoms with Crippen molar-refractivity contribution in [2.75, 3.05) is 18.5 Å². The minimum Gasteiger partial charge on any atom is -0.354 e. The Kier molecular flexibility index (Phi) is 3.93. The maximum Gasteiger partial charge on any atom is 0.222 e. The molecule has 0 aliphatic rings. The molecular weight excluding hydrogens is 225 g/mol. The summed E-state index contributed by atoms with van der Waals surface area (Å²) < 4.78 is 12.5. The third kappa shape index (κ3) is 3.13. The van der Waals surface area contributed by atoms with E-state index in [1.54, 1.807) is 12.4 Å². The fraction of sp³-hybridized carbons (Fsp3) is 0.429. The zero-order valence-corrected chi connectivity index (χ0v) is 8.01. The Morgan fingerprint density at radius 2 is 2.08 bits per heavy atom. The standard InChI is InChI=1S/C7H9BrFN3/c8-6-4-11-7(12-5-6)10-3-1-2-9/h4-5H,1-3H2,(H,10,11,12). The molecule has 66 valence electrons. The van der Waals surface area contributed by atoms with E-state index in [1.165, 1.54) is 0 Å². The number of aromatic nitrogens is 2. The summed E-state index contributed by atoms with van der Waals surface area (Å²) in [5.74, 6) is 0.534. The maximum absolute atomic E-state index is 11.7. The first-order valence-electron chi connectivity index (χ1n) is 3.60. The minimum absolute atomic E-state index is 0.316. The summed E-state index contributed by atoms with van der Waals surface area (Å²) in [5.41, 5.74) is 0. The van der Waals surface area contributed by atoms with Gasteiger partial charge in [0.2, 0.25) is 5.95 Å². The van der Waals surface area contributed by atoms with Crippen LogP contribution < -0.4 is 5.32 Å². The highest BCUT2D eigenvalue weighted by molar-refractivity contribution is 9.10. The van der Waals surface area contributed by atoms with E-state index in [0.717, 1.165) is 4.47 Å². The van der Waals surface area contributed by atoms with Crippen molar-refractivity contribution in [3.8, 4) is 0 Å². The fourth-order valence-corrected chi connectivity index (χ4v) is 0.875. The third-order valence-electron chi connectivity index (χ3n) is 1.21. The molecule has 0 bridgehead atoms. The lowest BCUT2D eigenvalue weighted by molar-refractivity contribution is 0.481. The molecule has 3 nitrogen and oxygen atoms in total. The van der Waals surface area contributed by atoms with E-state index in [-0.39, 0.29) is 6.67 Å². The Morgan fingerprint density at radius 1 is 1.42 bits per heavy atom. The summed E-state index contributed by atoms with van der Waals surface area (Å²) in [5, 5.41) is 2.89. The summed E-state index contributed by atoms with van der Waals surface area (Å²) in [6, 6.07) is 0. The van der Waals surface area contributed by atoms with Gasteiger partial charge in [0, 0.05) is 18.9 Å². The van der Waals surface area contributed by atoms with Crippen LogP contribution in [-0.2, 0) is 0 Å². The van der Waals surface area contributed by atoms with Gasteiger partial charge in [0.15, 0.2) is 0 Å². The molecule has 0 radical (unpaired) electrons. The second-order valence-electron chi connectivity index (χ2n) is 2.19. The number of anilines is 1. The highest BCUT2D eigenvalue weighted by atomic mass is 79.9. The lowest BCUT2D eigenvalue weighted by atomic mass is 10.5. The first-order chi connectivity index (χ1) is 5.83. The molecule has 1 N–H and O–H groups in total. The van der Waals surface area contributed by atoms with E-state index < -0.39 is 0 Å². The number of nitrogens with zero attached hydrogens (tertiary/aromatic N) is 2. The Labute approximate surface area is 78.5 Å². The molecular formula is C7H9BrFN3. The van der Waals surface area contributed by atoms with Crippen LogP contribution in [0.15, 0.2) is 16.9 Å². The first kappa shape index (κ1) is 9.38. The molecule has 0 aliphatic carbocycles. The molecule has 0 fully saturated rings. The minimum atomic E-state index is -0.316. The highest BCUT2D eigenvalue weighted by Gasteiger charge is 1.93. The fourth-order valence-electron chi connectivity index (χ4n) is 0.671. The molecule has 0 aromatic carbocycles. The Balaban J connectivity index is 2.37. The van der Waals surface area contributed by atoms with Crippen LogP contribution in [0, 0.1) is 0 Å². The lowest BCUT2D eigenvalue weighted by Gasteiger charge is -2.01. The van der Waals surface area contributed by atoms with Gasteiger partial charge in [0.05, 0.1) is 11.1 Å². The largest absolute Gasteiger partial charge is 0.354 e. The van der Waals surface area contributed by atoms with Crippen molar-refractivity contribution in [3.63, 3.8) is 0 Å². The van der Waals surface area contributed by atoms with E-state index in [9.17, 15) is 4.39 Å². The zero-order valence-electron chi connectivity index (χ0n) is 6.43. The van der Waals surface area contributed by atoms with Crippen molar-refractivity contribution >= 4 is 21.9 Å². The van der Waals surface area contributed by atoms with E-state index in [1.807, 2.05) is 0 Å². The van der Waals surface area contributed by atoms with Gasteiger partial charge < -0.3 is 5.32 Å². The normalized spacial score (nSPS) is 9.83. The summed E-state index contributed by atoms with van der Waals surface area (Å²) in [4.78, 5) is 7.92. The van der Waals surface area contributed by atoms with Crippen molar-refractivity contribution in [1.82, 2.24) is 9.97 Å². The van der Waals surface area contributed by atoms with Gasteiger partial charge in [0.25, 0.3) is 0 Å². The molecule has 1 aromatic rings. The van der Waals surface area contributed by atoms with Crippen LogP contribution in [0.1, 0.15) is 6.42 Å². The number of rotatable bonds is 4. The number of nitrogens with one attached hydrogen (secondary N) is 1. The van der Waals surface area contributed by atoms with Crippen LogP contribution in [-0.4, -0.2) is 23.2 Å². The van der Waals surface area contributed by atoms with Gasteiger partial charge in [0.1, 0.15) is 0 Å². The number of alkyl halides is 1. The van der Waals surface area contributed by atoms with Crippen LogP contribution in [0.25, 0.3) is 0 Å². The average Bonchev–Trinajstić information content (AvgIpc) is 2.09. The molecule has 0 saturated carbocycles. The van der Waals surface area contributed by atoms with Gasteiger partial charge in [-0.15, -0.1) is 0 Å². The van der Waals surface area contributed by atoms with Crippen LogP contribution >= 0.6 is 15.9 Å². The number of halogens is 2. The second kappa shape index (κ2) is 5.03. The van der Waals surface area contributed by atoms with Gasteiger partial charge in [-0.25, -0.2) is 9.97 Å². The first-order valence-corrected chi connectivity index (χ1v) is 4.39. The van der Waals surface area contributed by atoms with Crippen LogP contribution in [0.5, 0.6) is 0 Å². The summed E-state index contributed by atoms with van der Waals surface area (Å²) in [7, 11) is 0. The smallest absolute Gasteiger partial charge is 0.222 e. The van der Waals surface area contributed by atoms with Crippen LogP contribution in [0.4, 0.5) is 10.3 Å². The third-order valence-corrected chi connectivity index (χ3v) is 1.62. The van der Waals surface area contributed by atoms with E-state index in [0.29, 0.717) is 18.9 Å². The number of hydrogen-bond acceptors (Lipinski definition) is 3. The second-order valence-corrected chi connectivity index (χ2v) is 3.11. The van der Waals surface area contributed by atoms with E-state index in [2.05, 4.69) is 31.2 Å². The molecule has 0 atom stereocenters. The van der Waals surface area contributed by atoms with E-state index >= 15 is 0 Å². The van der Waals surface area contributed by atoms with Gasteiger partial charge in [-0.05, 0) is 22.4 Å². The number of hydrogen-bond donors (Lipinski definition) is 1. The average molecular weight is 234 g/mol. The van der Waals surface area contributed by atoms with Crippen molar-refractivity contribution < 1.29 is 4.39 Å². The summed E-state index contributed by atoms with van der Waals surface area (Å²) in [6.45, 7) is 0.252. The predicted molar refractivity (Wildman–Crippen MR) is 48.8 cm³/mol. The molecule has 0 unspecified atom stereocenters. The molecule has 5 heteroatoms. The van der Waals surface area contributed by atoms with Crippen molar-refractivity contribution in [2.45, 2.75) is 6.42 Å². The van der Waals surface area contributed by atoms with E-state index in [4.69, 9.17) is 0 Å². The van der Waals surface area contributed by atoms with Gasteiger partial charge >= 0.3 is 0 Å². The molecule has 0 aliphatic heterocycles. The Hall–Kier alpha value is -0.710. The molecule has 0 spiro atoms. The lowest BCUT2D eigenvalue weighted by Crippen LogP contribution is -2.05. The monoisotopic (exact) mass is 233 g/mol.